The number of hydrogen-bond donors (Lipinski definition) is 0. The molecule has 0 amide bonds. The van der Waals surface area contributed by atoms with Crippen molar-refractivity contribution in [2.75, 3.05) is 20.8 Å². The summed E-state index contributed by atoms with van der Waals surface area (Å²) in [6.45, 7) is 3.87. The fraction of sp³-hybridized carbons (Fsp3) is 0.212. The van der Waals surface area contributed by atoms with Crippen LogP contribution in [0.1, 0.15) is 42.1 Å². The zero-order valence-electron chi connectivity index (χ0n) is 24.4. The van der Waals surface area contributed by atoms with Crippen LogP contribution >= 0.6 is 27.3 Å². The Morgan fingerprint density at radius 1 is 1.11 bits per heavy atom. The largest absolute Gasteiger partial charge is 0.497 e. The molecule has 0 spiro atoms. The van der Waals surface area contributed by atoms with Gasteiger partial charge in [-0.15, -0.1) is 0 Å². The highest BCUT2D eigenvalue weighted by atomic mass is 79.9. The molecule has 1 aliphatic rings. The third kappa shape index (κ3) is 6.04. The summed E-state index contributed by atoms with van der Waals surface area (Å²) in [4.78, 5) is 32.3. The number of carbonyl (C=O) groups excluding carboxylic acids is 1. The minimum absolute atomic E-state index is 0.173. The summed E-state index contributed by atoms with van der Waals surface area (Å²) in [5.41, 5.74) is 3.11. The highest BCUT2D eigenvalue weighted by Crippen LogP contribution is 2.37. The summed E-state index contributed by atoms with van der Waals surface area (Å²) in [5, 5.41) is 9.35. The van der Waals surface area contributed by atoms with E-state index in [1.165, 1.54) is 23.0 Å². The zero-order valence-corrected chi connectivity index (χ0v) is 26.8. The van der Waals surface area contributed by atoms with Gasteiger partial charge < -0.3 is 18.9 Å². The van der Waals surface area contributed by atoms with E-state index in [4.69, 9.17) is 18.9 Å². The summed E-state index contributed by atoms with van der Waals surface area (Å²) in [7, 11) is 3.08. The monoisotopic (exact) mass is 673 g/mol. The lowest BCUT2D eigenvalue weighted by molar-refractivity contribution is -0.139. The van der Waals surface area contributed by atoms with Gasteiger partial charge in [-0.05, 0) is 71.7 Å². The number of aromatic nitrogens is 1. The van der Waals surface area contributed by atoms with Crippen molar-refractivity contribution >= 4 is 39.3 Å². The van der Waals surface area contributed by atoms with E-state index in [0.29, 0.717) is 47.9 Å². The van der Waals surface area contributed by atoms with Crippen molar-refractivity contribution in [1.82, 2.24) is 4.57 Å². The first-order valence-corrected chi connectivity index (χ1v) is 15.2. The Hall–Kier alpha value is -4.66. The molecule has 0 aliphatic carbocycles. The number of hydrogen-bond acceptors (Lipinski definition) is 9. The molecule has 1 aliphatic heterocycles. The van der Waals surface area contributed by atoms with E-state index in [9.17, 15) is 14.9 Å². The lowest BCUT2D eigenvalue weighted by Gasteiger charge is -2.26. The van der Waals surface area contributed by atoms with E-state index in [0.717, 1.165) is 11.1 Å². The highest BCUT2D eigenvalue weighted by Gasteiger charge is 2.35. The van der Waals surface area contributed by atoms with Crippen LogP contribution in [-0.2, 0) is 16.1 Å². The average molecular weight is 675 g/mol. The molecular formula is C33H28BrN3O6S. The van der Waals surface area contributed by atoms with Gasteiger partial charge in [0.15, 0.2) is 4.80 Å². The van der Waals surface area contributed by atoms with Gasteiger partial charge in [-0.1, -0.05) is 35.6 Å². The van der Waals surface area contributed by atoms with E-state index in [1.54, 1.807) is 57.4 Å². The van der Waals surface area contributed by atoms with Gasteiger partial charge in [0.25, 0.3) is 5.56 Å². The molecule has 1 atom stereocenters. The summed E-state index contributed by atoms with van der Waals surface area (Å²) in [6, 6.07) is 19.4. The number of benzene rings is 3. The van der Waals surface area contributed by atoms with Crippen molar-refractivity contribution in [3.05, 3.63) is 118 Å². The lowest BCUT2D eigenvalue weighted by atomic mass is 9.95. The topological polar surface area (TPSA) is 112 Å². The van der Waals surface area contributed by atoms with Crippen LogP contribution < -0.4 is 29.1 Å². The number of carbonyl (C=O) groups is 1. The predicted molar refractivity (Wildman–Crippen MR) is 170 cm³/mol. The first-order valence-electron chi connectivity index (χ1n) is 13.6. The fourth-order valence-corrected chi connectivity index (χ4v) is 6.47. The number of methoxy groups -OCH3 is 2. The second-order valence-electron chi connectivity index (χ2n) is 9.66. The summed E-state index contributed by atoms with van der Waals surface area (Å²) < 4.78 is 25.0. The van der Waals surface area contributed by atoms with Gasteiger partial charge in [-0.3, -0.25) is 9.36 Å². The van der Waals surface area contributed by atoms with Crippen molar-refractivity contribution in [1.29, 1.82) is 5.26 Å². The van der Waals surface area contributed by atoms with Crippen molar-refractivity contribution in [3.8, 4) is 23.3 Å². The second kappa shape index (κ2) is 13.3. The van der Waals surface area contributed by atoms with Gasteiger partial charge in [-0.25, -0.2) is 9.79 Å². The van der Waals surface area contributed by atoms with E-state index in [-0.39, 0.29) is 24.3 Å². The van der Waals surface area contributed by atoms with Crippen LogP contribution in [0.15, 0.2) is 86.2 Å². The molecule has 5 rings (SSSR count). The van der Waals surface area contributed by atoms with E-state index in [1.807, 2.05) is 30.3 Å². The number of nitrogens with zero attached hydrogens (tertiary/aromatic N) is 3. The predicted octanol–water partition coefficient (Wildman–Crippen LogP) is 5.03. The van der Waals surface area contributed by atoms with Crippen LogP contribution in [0.5, 0.6) is 17.2 Å². The zero-order chi connectivity index (χ0) is 31.4. The molecule has 4 aromatic rings. The molecule has 9 nitrogen and oxygen atoms in total. The standard InChI is InChI=1S/C33H28BrN3O6S/c1-5-42-32(39)29-19(2)36-33-37(30(29)24-12-11-23(40-3)16-27(24)41-4)31(38)28(44-33)15-20-10-13-26(25(34)14-20)43-18-22-9-7-6-8-21(22)17-35/h6-16,30H,5,18H2,1-4H3/b28-15+/t30-/m0/s1. The van der Waals surface area contributed by atoms with Gasteiger partial charge >= 0.3 is 5.97 Å². The van der Waals surface area contributed by atoms with Crippen LogP contribution in [0.2, 0.25) is 0 Å². The molecule has 44 heavy (non-hydrogen) atoms. The van der Waals surface area contributed by atoms with Crippen LogP contribution in [0.25, 0.3) is 6.08 Å². The highest BCUT2D eigenvalue weighted by molar-refractivity contribution is 9.10. The van der Waals surface area contributed by atoms with Gasteiger partial charge in [0.05, 0.1) is 52.7 Å². The Morgan fingerprint density at radius 2 is 1.91 bits per heavy atom. The Morgan fingerprint density at radius 3 is 2.61 bits per heavy atom. The van der Waals surface area contributed by atoms with E-state index in [2.05, 4.69) is 27.0 Å². The maximum Gasteiger partial charge on any atom is 0.338 e. The van der Waals surface area contributed by atoms with Crippen molar-refractivity contribution < 1.29 is 23.7 Å². The molecule has 0 saturated heterocycles. The van der Waals surface area contributed by atoms with Crippen molar-refractivity contribution in [3.63, 3.8) is 0 Å². The van der Waals surface area contributed by atoms with Gasteiger partial charge in [0.1, 0.15) is 29.9 Å². The molecule has 0 fully saturated rings. The maximum atomic E-state index is 14.0. The molecular weight excluding hydrogens is 646 g/mol. The second-order valence-corrected chi connectivity index (χ2v) is 11.5. The number of nitriles is 1. The first-order chi connectivity index (χ1) is 21.3. The number of rotatable bonds is 9. The number of allylic oxidation sites excluding steroid dienone is 1. The minimum atomic E-state index is -0.827. The number of esters is 1. The normalized spacial score (nSPS) is 14.4. The molecule has 0 N–H and O–H groups in total. The number of ether oxygens (including phenoxy) is 4. The molecule has 0 bridgehead atoms. The van der Waals surface area contributed by atoms with Gasteiger partial charge in [0.2, 0.25) is 0 Å². The number of halogens is 1. The quantitative estimate of drug-likeness (QED) is 0.229. The smallest absolute Gasteiger partial charge is 0.338 e. The summed E-state index contributed by atoms with van der Waals surface area (Å²) in [6.07, 6.45) is 1.77. The molecule has 0 unspecified atom stereocenters. The third-order valence-corrected chi connectivity index (χ3v) is 8.63. The van der Waals surface area contributed by atoms with Crippen molar-refractivity contribution in [2.24, 2.45) is 4.99 Å². The molecule has 3 aromatic carbocycles. The van der Waals surface area contributed by atoms with Gasteiger partial charge in [-0.2, -0.15) is 5.26 Å². The average Bonchev–Trinajstić information content (AvgIpc) is 3.33. The van der Waals surface area contributed by atoms with Crippen LogP contribution in [-0.4, -0.2) is 31.4 Å². The molecule has 0 radical (unpaired) electrons. The Labute approximate surface area is 266 Å². The Bertz CT molecular complexity index is 2010. The molecule has 11 heteroatoms. The van der Waals surface area contributed by atoms with E-state index >= 15 is 0 Å². The Balaban J connectivity index is 1.56. The number of thiazole rings is 1. The minimum Gasteiger partial charge on any atom is -0.497 e. The SMILES string of the molecule is CCOC(=O)C1=C(C)N=c2s/c(=C/c3ccc(OCc4ccccc4C#N)c(Br)c3)c(=O)n2[C@H]1c1ccc(OC)cc1OC. The maximum absolute atomic E-state index is 14.0. The summed E-state index contributed by atoms with van der Waals surface area (Å²) >= 11 is 4.80. The van der Waals surface area contributed by atoms with E-state index < -0.39 is 12.0 Å². The molecule has 224 valence electrons. The molecule has 0 saturated carbocycles. The third-order valence-electron chi connectivity index (χ3n) is 7.03. The van der Waals surface area contributed by atoms with Crippen LogP contribution in [0, 0.1) is 11.3 Å². The fourth-order valence-electron chi connectivity index (χ4n) is 4.92. The molecule has 2 heterocycles. The number of fused-ring (bicyclic) bond motifs is 1. The lowest BCUT2D eigenvalue weighted by Crippen LogP contribution is -2.40. The van der Waals surface area contributed by atoms with Crippen molar-refractivity contribution in [2.45, 2.75) is 26.5 Å². The van der Waals surface area contributed by atoms with Crippen LogP contribution in [0.3, 0.4) is 0 Å². The van der Waals surface area contributed by atoms with Crippen LogP contribution in [0.4, 0.5) is 0 Å². The summed E-state index contributed by atoms with van der Waals surface area (Å²) in [5.74, 6) is 1.07. The first kappa shape index (κ1) is 30.8. The molecule has 1 aromatic heterocycles. The van der Waals surface area contributed by atoms with Gasteiger partial charge in [0, 0.05) is 17.2 Å². The Kier molecular flexibility index (Phi) is 9.32.